The van der Waals surface area contributed by atoms with Crippen molar-refractivity contribution in [1.82, 2.24) is 5.32 Å². The number of carbonyl (C=O) groups excluding carboxylic acids is 2. The lowest BCUT2D eigenvalue weighted by Gasteiger charge is -2.14. The highest BCUT2D eigenvalue weighted by atomic mass is 19.1. The second-order valence-corrected chi connectivity index (χ2v) is 5.11. The van der Waals surface area contributed by atoms with Crippen LogP contribution in [-0.4, -0.2) is 25.1 Å². The van der Waals surface area contributed by atoms with Gasteiger partial charge in [-0.05, 0) is 24.6 Å². The second-order valence-electron chi connectivity index (χ2n) is 5.11. The maximum Gasteiger partial charge on any atom is 0.344 e. The van der Waals surface area contributed by atoms with Crippen molar-refractivity contribution >= 4 is 11.9 Å². The third kappa shape index (κ3) is 5.72. The maximum atomic E-state index is 13.0. The van der Waals surface area contributed by atoms with Crippen LogP contribution in [0, 0.1) is 5.82 Å². The molecular weight excluding hydrogens is 313 g/mol. The van der Waals surface area contributed by atoms with Crippen LogP contribution in [0.15, 0.2) is 54.6 Å². The van der Waals surface area contributed by atoms with Crippen molar-refractivity contribution in [3.05, 3.63) is 66.0 Å². The molecule has 0 saturated carbocycles. The average Bonchev–Trinajstić information content (AvgIpc) is 2.59. The fourth-order valence-corrected chi connectivity index (χ4v) is 1.99. The summed E-state index contributed by atoms with van der Waals surface area (Å²) in [4.78, 5) is 23.3. The fourth-order valence-electron chi connectivity index (χ4n) is 1.99. The molecule has 0 fully saturated rings. The van der Waals surface area contributed by atoms with E-state index >= 15 is 0 Å². The normalized spacial score (nSPS) is 11.4. The van der Waals surface area contributed by atoms with Crippen LogP contribution >= 0.6 is 0 Å². The summed E-state index contributed by atoms with van der Waals surface area (Å²) in [6.45, 7) is 1.04. The van der Waals surface area contributed by atoms with Gasteiger partial charge in [-0.2, -0.15) is 0 Å². The molecule has 2 aromatic rings. The Hall–Kier alpha value is -2.89. The van der Waals surface area contributed by atoms with E-state index in [4.69, 9.17) is 9.47 Å². The Morgan fingerprint density at radius 2 is 1.83 bits per heavy atom. The molecule has 24 heavy (non-hydrogen) atoms. The van der Waals surface area contributed by atoms with E-state index in [1.807, 2.05) is 37.3 Å². The zero-order valence-corrected chi connectivity index (χ0v) is 13.2. The summed E-state index contributed by atoms with van der Waals surface area (Å²) in [6, 6.07) is 14.6. The van der Waals surface area contributed by atoms with E-state index in [1.165, 1.54) is 18.2 Å². The summed E-state index contributed by atoms with van der Waals surface area (Å²) in [5.41, 5.74) is 0.951. The molecule has 0 bridgehead atoms. The highest BCUT2D eigenvalue weighted by Crippen LogP contribution is 2.12. The number of amides is 1. The fraction of sp³-hybridized carbons (Fsp3) is 0.222. The summed E-state index contributed by atoms with van der Waals surface area (Å²) in [6.07, 6.45) is 0. The van der Waals surface area contributed by atoms with Gasteiger partial charge < -0.3 is 14.8 Å². The van der Waals surface area contributed by atoms with Crippen molar-refractivity contribution in [2.75, 3.05) is 13.2 Å². The summed E-state index contributed by atoms with van der Waals surface area (Å²) < 4.78 is 22.9. The van der Waals surface area contributed by atoms with Crippen molar-refractivity contribution in [1.29, 1.82) is 0 Å². The minimum absolute atomic E-state index is 0.194. The second kappa shape index (κ2) is 8.67. The van der Waals surface area contributed by atoms with Gasteiger partial charge in [0.2, 0.25) is 0 Å². The number of nitrogens with one attached hydrogen (secondary N) is 1. The van der Waals surface area contributed by atoms with Crippen LogP contribution in [0.3, 0.4) is 0 Å². The van der Waals surface area contributed by atoms with Crippen molar-refractivity contribution in [2.24, 2.45) is 0 Å². The minimum Gasteiger partial charge on any atom is -0.482 e. The molecular formula is C18H18FNO4. The van der Waals surface area contributed by atoms with E-state index in [-0.39, 0.29) is 11.8 Å². The number of hydrogen-bond acceptors (Lipinski definition) is 4. The van der Waals surface area contributed by atoms with Crippen molar-refractivity contribution in [2.45, 2.75) is 13.0 Å². The molecule has 0 unspecified atom stereocenters. The van der Waals surface area contributed by atoms with Crippen molar-refractivity contribution < 1.29 is 23.5 Å². The lowest BCUT2D eigenvalue weighted by molar-refractivity contribution is -0.150. The van der Waals surface area contributed by atoms with Gasteiger partial charge in [0, 0.05) is 6.07 Å². The van der Waals surface area contributed by atoms with Gasteiger partial charge >= 0.3 is 5.97 Å². The van der Waals surface area contributed by atoms with Gasteiger partial charge in [-0.3, -0.25) is 4.79 Å². The number of esters is 1. The van der Waals surface area contributed by atoms with Gasteiger partial charge in [0.05, 0.1) is 6.04 Å². The van der Waals surface area contributed by atoms with Crippen molar-refractivity contribution in [3.63, 3.8) is 0 Å². The quantitative estimate of drug-likeness (QED) is 0.792. The summed E-state index contributed by atoms with van der Waals surface area (Å²) >= 11 is 0. The van der Waals surface area contributed by atoms with Crippen LogP contribution in [0.4, 0.5) is 4.39 Å². The van der Waals surface area contributed by atoms with Crippen LogP contribution in [0.1, 0.15) is 18.5 Å². The van der Waals surface area contributed by atoms with Crippen LogP contribution in [0.2, 0.25) is 0 Å². The monoisotopic (exact) mass is 331 g/mol. The van der Waals surface area contributed by atoms with Gasteiger partial charge in [-0.1, -0.05) is 36.4 Å². The van der Waals surface area contributed by atoms with Crippen LogP contribution in [-0.2, 0) is 14.3 Å². The first-order chi connectivity index (χ1) is 11.5. The van der Waals surface area contributed by atoms with Gasteiger partial charge in [-0.25, -0.2) is 9.18 Å². The molecule has 0 radical (unpaired) electrons. The number of rotatable bonds is 7. The van der Waals surface area contributed by atoms with E-state index < -0.39 is 30.9 Å². The van der Waals surface area contributed by atoms with E-state index in [0.717, 1.165) is 11.6 Å². The number of halogens is 1. The molecule has 0 aliphatic carbocycles. The molecule has 1 N–H and O–H groups in total. The molecule has 0 heterocycles. The number of carbonyl (C=O) groups is 2. The van der Waals surface area contributed by atoms with E-state index in [1.54, 1.807) is 0 Å². The zero-order valence-electron chi connectivity index (χ0n) is 13.2. The molecule has 2 rings (SSSR count). The highest BCUT2D eigenvalue weighted by molar-refractivity contribution is 5.81. The molecule has 0 spiro atoms. The lowest BCUT2D eigenvalue weighted by Crippen LogP contribution is -2.31. The summed E-state index contributed by atoms with van der Waals surface area (Å²) in [7, 11) is 0. The SMILES string of the molecule is C[C@H](NC(=O)COC(=O)COc1cccc(F)c1)c1ccccc1. The Kier molecular flexibility index (Phi) is 6.31. The molecule has 0 aliphatic rings. The standard InChI is InChI=1S/C18H18FNO4/c1-13(14-6-3-2-4-7-14)20-17(21)11-24-18(22)12-23-16-9-5-8-15(19)10-16/h2-10,13H,11-12H2,1H3,(H,20,21)/t13-/m0/s1. The van der Waals surface area contributed by atoms with Crippen LogP contribution in [0.5, 0.6) is 5.75 Å². The summed E-state index contributed by atoms with van der Waals surface area (Å²) in [5, 5.41) is 2.73. The first-order valence-electron chi connectivity index (χ1n) is 7.43. The predicted octanol–water partition coefficient (Wildman–Crippen LogP) is 2.63. The molecule has 0 aromatic heterocycles. The molecule has 0 aliphatic heterocycles. The third-order valence-electron chi connectivity index (χ3n) is 3.19. The maximum absolute atomic E-state index is 13.0. The lowest BCUT2D eigenvalue weighted by atomic mass is 10.1. The van der Waals surface area contributed by atoms with Crippen LogP contribution < -0.4 is 10.1 Å². The molecule has 5 nitrogen and oxygen atoms in total. The average molecular weight is 331 g/mol. The van der Waals surface area contributed by atoms with Gasteiger partial charge in [0.25, 0.3) is 5.91 Å². The van der Waals surface area contributed by atoms with Gasteiger partial charge in [-0.15, -0.1) is 0 Å². The van der Waals surface area contributed by atoms with E-state index in [9.17, 15) is 14.0 Å². The Bertz CT molecular complexity index is 690. The smallest absolute Gasteiger partial charge is 0.344 e. The number of ether oxygens (including phenoxy) is 2. The Morgan fingerprint density at radius 1 is 1.08 bits per heavy atom. The topological polar surface area (TPSA) is 64.6 Å². The third-order valence-corrected chi connectivity index (χ3v) is 3.19. The zero-order chi connectivity index (χ0) is 17.4. The minimum atomic E-state index is -0.707. The van der Waals surface area contributed by atoms with Gasteiger partial charge in [0.1, 0.15) is 11.6 Å². The number of hydrogen-bond donors (Lipinski definition) is 1. The van der Waals surface area contributed by atoms with E-state index in [0.29, 0.717) is 0 Å². The Morgan fingerprint density at radius 3 is 2.54 bits per heavy atom. The predicted molar refractivity (Wildman–Crippen MR) is 85.9 cm³/mol. The molecule has 6 heteroatoms. The van der Waals surface area contributed by atoms with Crippen molar-refractivity contribution in [3.8, 4) is 5.75 Å². The summed E-state index contributed by atoms with van der Waals surface area (Å²) in [5.74, 6) is -1.36. The number of benzene rings is 2. The Labute approximate surface area is 139 Å². The van der Waals surface area contributed by atoms with Crippen LogP contribution in [0.25, 0.3) is 0 Å². The molecule has 2 aromatic carbocycles. The molecule has 0 saturated heterocycles. The van der Waals surface area contributed by atoms with Gasteiger partial charge in [0.15, 0.2) is 13.2 Å². The molecule has 126 valence electrons. The molecule has 1 atom stereocenters. The first-order valence-corrected chi connectivity index (χ1v) is 7.43. The highest BCUT2D eigenvalue weighted by Gasteiger charge is 2.12. The largest absolute Gasteiger partial charge is 0.482 e. The van der Waals surface area contributed by atoms with E-state index in [2.05, 4.69) is 5.32 Å². The molecule has 1 amide bonds. The first kappa shape index (κ1) is 17.5. The Balaban J connectivity index is 1.70.